The first-order valence-corrected chi connectivity index (χ1v) is 6.49. The molecule has 1 heterocycles. The van der Waals surface area contributed by atoms with E-state index in [1.54, 1.807) is 24.3 Å². The first-order valence-electron chi connectivity index (χ1n) is 5.10. The van der Waals surface area contributed by atoms with Gasteiger partial charge in [-0.05, 0) is 12.1 Å². The summed E-state index contributed by atoms with van der Waals surface area (Å²) in [5.74, 6) is 0. The van der Waals surface area contributed by atoms with E-state index in [1.807, 2.05) is 6.07 Å². The van der Waals surface area contributed by atoms with Crippen molar-refractivity contribution in [2.45, 2.75) is 0 Å². The van der Waals surface area contributed by atoms with Crippen molar-refractivity contribution < 1.29 is 13.5 Å². The molecule has 0 spiro atoms. The summed E-state index contributed by atoms with van der Waals surface area (Å²) in [4.78, 5) is 0. The fraction of sp³-hybridized carbons (Fsp3) is 0.400. The molecule has 2 rings (SSSR count). The van der Waals surface area contributed by atoms with Crippen LogP contribution >= 0.6 is 0 Å². The largest absolute Gasteiger partial charge is 0.395 e. The number of hydrogen-bond acceptors (Lipinski definition) is 3. The van der Waals surface area contributed by atoms with Crippen LogP contribution in [0.1, 0.15) is 0 Å². The summed E-state index contributed by atoms with van der Waals surface area (Å²) < 4.78 is 26.7. The third-order valence-electron chi connectivity index (χ3n) is 2.55. The van der Waals surface area contributed by atoms with Crippen molar-refractivity contribution in [3.05, 3.63) is 30.3 Å². The van der Waals surface area contributed by atoms with Crippen LogP contribution in [0.25, 0.3) is 0 Å². The van der Waals surface area contributed by atoms with E-state index in [4.69, 9.17) is 5.11 Å². The molecule has 0 atom stereocenters. The molecule has 1 fully saturated rings. The van der Waals surface area contributed by atoms with E-state index in [1.165, 1.54) is 8.61 Å². The Hall–Kier alpha value is -1.11. The summed E-state index contributed by atoms with van der Waals surface area (Å²) in [7, 11) is -3.44. The summed E-state index contributed by atoms with van der Waals surface area (Å²) in [5.41, 5.74) is 0.669. The molecule has 0 aromatic heterocycles. The molecule has 1 aliphatic heterocycles. The third kappa shape index (κ3) is 1.91. The maximum atomic E-state index is 12.0. The van der Waals surface area contributed by atoms with Crippen LogP contribution in [0.3, 0.4) is 0 Å². The molecule has 0 radical (unpaired) electrons. The molecule has 1 saturated heterocycles. The highest BCUT2D eigenvalue weighted by Crippen LogP contribution is 2.24. The second-order valence-corrected chi connectivity index (χ2v) is 5.39. The molecule has 1 aromatic rings. The minimum absolute atomic E-state index is 0.151. The number of aliphatic hydroxyl groups is 1. The van der Waals surface area contributed by atoms with Crippen LogP contribution in [0.2, 0.25) is 0 Å². The standard InChI is InChI=1S/C10H14N2O3S/c13-9-8-11-6-7-12(16(11,14)15)10-4-2-1-3-5-10/h1-5,13H,6-9H2. The zero-order valence-corrected chi connectivity index (χ0v) is 9.60. The average Bonchev–Trinajstić information content (AvgIpc) is 2.57. The maximum Gasteiger partial charge on any atom is 0.304 e. The molecule has 1 N–H and O–H groups in total. The van der Waals surface area contributed by atoms with Crippen LogP contribution in [0, 0.1) is 0 Å². The van der Waals surface area contributed by atoms with Gasteiger partial charge in [-0.15, -0.1) is 0 Å². The van der Waals surface area contributed by atoms with E-state index < -0.39 is 10.2 Å². The lowest BCUT2D eigenvalue weighted by Gasteiger charge is -2.19. The maximum absolute atomic E-state index is 12.0. The Bertz CT molecular complexity index is 446. The average molecular weight is 242 g/mol. The van der Waals surface area contributed by atoms with E-state index in [9.17, 15) is 8.42 Å². The summed E-state index contributed by atoms with van der Waals surface area (Å²) >= 11 is 0. The van der Waals surface area contributed by atoms with Gasteiger partial charge in [0.05, 0.1) is 12.3 Å². The minimum Gasteiger partial charge on any atom is -0.395 e. The number of anilines is 1. The zero-order valence-electron chi connectivity index (χ0n) is 8.78. The third-order valence-corrected chi connectivity index (χ3v) is 4.52. The lowest BCUT2D eigenvalue weighted by Crippen LogP contribution is -2.34. The topological polar surface area (TPSA) is 60.9 Å². The molecule has 0 bridgehead atoms. The number of benzene rings is 1. The van der Waals surface area contributed by atoms with E-state index in [-0.39, 0.29) is 13.2 Å². The molecular weight excluding hydrogens is 228 g/mol. The Labute approximate surface area is 95.1 Å². The molecule has 0 unspecified atom stereocenters. The SMILES string of the molecule is O=S1(=O)N(CCO)CCN1c1ccccc1. The van der Waals surface area contributed by atoms with Crippen LogP contribution in [-0.4, -0.2) is 44.1 Å². The van der Waals surface area contributed by atoms with Crippen LogP contribution in [-0.2, 0) is 10.2 Å². The van der Waals surface area contributed by atoms with Gasteiger partial charge in [-0.25, -0.2) is 0 Å². The normalized spacial score (nSPS) is 20.2. The van der Waals surface area contributed by atoms with Gasteiger partial charge in [-0.3, -0.25) is 4.31 Å². The quantitative estimate of drug-likeness (QED) is 0.814. The predicted octanol–water partition coefficient (Wildman–Crippen LogP) is 0.0457. The monoisotopic (exact) mass is 242 g/mol. The molecule has 0 amide bonds. The molecule has 0 aliphatic carbocycles. The van der Waals surface area contributed by atoms with Crippen molar-refractivity contribution in [1.29, 1.82) is 0 Å². The van der Waals surface area contributed by atoms with Gasteiger partial charge < -0.3 is 5.11 Å². The summed E-state index contributed by atoms with van der Waals surface area (Å²) in [6.07, 6.45) is 0. The first kappa shape index (κ1) is 11.4. The van der Waals surface area contributed by atoms with Crippen molar-refractivity contribution in [2.75, 3.05) is 30.5 Å². The second kappa shape index (κ2) is 4.40. The van der Waals surface area contributed by atoms with Gasteiger partial charge in [-0.2, -0.15) is 12.7 Å². The Kier molecular flexibility index (Phi) is 3.13. The number of para-hydroxylation sites is 1. The Morgan fingerprint density at radius 1 is 1.19 bits per heavy atom. The first-order chi connectivity index (χ1) is 7.66. The summed E-state index contributed by atoms with van der Waals surface area (Å²) in [5, 5.41) is 8.79. The van der Waals surface area contributed by atoms with E-state index in [0.29, 0.717) is 18.8 Å². The van der Waals surface area contributed by atoms with Crippen molar-refractivity contribution >= 4 is 15.9 Å². The van der Waals surface area contributed by atoms with Gasteiger partial charge in [0.25, 0.3) is 0 Å². The van der Waals surface area contributed by atoms with Crippen LogP contribution in [0.15, 0.2) is 30.3 Å². The van der Waals surface area contributed by atoms with E-state index in [2.05, 4.69) is 0 Å². The number of rotatable bonds is 3. The highest BCUT2D eigenvalue weighted by atomic mass is 32.2. The summed E-state index contributed by atoms with van der Waals surface area (Å²) in [6, 6.07) is 8.98. The second-order valence-electron chi connectivity index (χ2n) is 3.54. The Morgan fingerprint density at radius 3 is 2.50 bits per heavy atom. The Morgan fingerprint density at radius 2 is 1.88 bits per heavy atom. The molecule has 6 heteroatoms. The number of aliphatic hydroxyl groups excluding tert-OH is 1. The van der Waals surface area contributed by atoms with Crippen molar-refractivity contribution in [3.63, 3.8) is 0 Å². The van der Waals surface area contributed by atoms with Gasteiger partial charge in [0.2, 0.25) is 0 Å². The number of β-amino-alcohol motifs (C(OH)–C–C–N with tert-alkyl or cyclic N) is 1. The smallest absolute Gasteiger partial charge is 0.304 e. The van der Waals surface area contributed by atoms with E-state index >= 15 is 0 Å². The highest BCUT2D eigenvalue weighted by molar-refractivity contribution is 7.90. The van der Waals surface area contributed by atoms with Crippen molar-refractivity contribution in [2.24, 2.45) is 0 Å². The van der Waals surface area contributed by atoms with Gasteiger partial charge in [-0.1, -0.05) is 18.2 Å². The molecule has 1 aromatic carbocycles. The molecular formula is C10H14N2O3S. The lowest BCUT2D eigenvalue weighted by atomic mass is 10.3. The predicted molar refractivity (Wildman–Crippen MR) is 61.4 cm³/mol. The fourth-order valence-electron chi connectivity index (χ4n) is 1.77. The minimum atomic E-state index is -3.44. The Balaban J connectivity index is 2.27. The summed E-state index contributed by atoms with van der Waals surface area (Å²) in [6.45, 7) is 0.873. The number of hydrogen-bond donors (Lipinski definition) is 1. The molecule has 88 valence electrons. The highest BCUT2D eigenvalue weighted by Gasteiger charge is 2.35. The fourth-order valence-corrected chi connectivity index (χ4v) is 3.37. The van der Waals surface area contributed by atoms with Gasteiger partial charge >= 0.3 is 10.2 Å². The zero-order chi connectivity index (χ0) is 11.6. The molecule has 1 aliphatic rings. The van der Waals surface area contributed by atoms with Crippen LogP contribution in [0.5, 0.6) is 0 Å². The molecule has 5 nitrogen and oxygen atoms in total. The van der Waals surface area contributed by atoms with Crippen molar-refractivity contribution in [1.82, 2.24) is 4.31 Å². The molecule has 16 heavy (non-hydrogen) atoms. The van der Waals surface area contributed by atoms with Crippen LogP contribution < -0.4 is 4.31 Å². The lowest BCUT2D eigenvalue weighted by molar-refractivity contribution is 0.260. The molecule has 0 saturated carbocycles. The van der Waals surface area contributed by atoms with Crippen molar-refractivity contribution in [3.8, 4) is 0 Å². The van der Waals surface area contributed by atoms with Gasteiger partial charge in [0.15, 0.2) is 0 Å². The van der Waals surface area contributed by atoms with Gasteiger partial charge in [0.1, 0.15) is 0 Å². The van der Waals surface area contributed by atoms with Gasteiger partial charge in [0, 0.05) is 19.6 Å². The van der Waals surface area contributed by atoms with Crippen LogP contribution in [0.4, 0.5) is 5.69 Å². The van der Waals surface area contributed by atoms with E-state index in [0.717, 1.165) is 0 Å². The number of nitrogens with zero attached hydrogens (tertiary/aromatic N) is 2.